The number of nitrogens with one attached hydrogen (secondary N) is 6. The number of unbranched alkanes of at least 4 members (excludes halogenated alkanes) is 2. The number of carbonyl (C=O) groups excluding carboxylic acids is 10. The molecule has 3 rings (SSSR count). The molecule has 0 spiro atoms. The van der Waals surface area contributed by atoms with Crippen LogP contribution >= 0.6 is 0 Å². The molecule has 3 heterocycles. The molecule has 456 valence electrons. The molecule has 0 unspecified atom stereocenters. The first-order valence-electron chi connectivity index (χ1n) is 28.0. The Morgan fingerprint density at radius 1 is 0.519 bits per heavy atom. The topological polar surface area (TPSA) is 496 Å². The first-order chi connectivity index (χ1) is 38.3. The number of carboxylic acid groups (broad SMARTS) is 2. The molecule has 3 aliphatic heterocycles. The zero-order valence-electron chi connectivity index (χ0n) is 46.9. The Morgan fingerprint density at radius 2 is 0.975 bits per heavy atom. The van der Waals surface area contributed by atoms with E-state index in [4.69, 9.17) is 39.5 Å². The molecule has 0 aliphatic carbocycles. The molecule has 0 saturated carbocycles. The maximum Gasteiger partial charge on any atom is 0.326 e. The van der Waals surface area contributed by atoms with Crippen LogP contribution in [0.4, 0.5) is 0 Å². The van der Waals surface area contributed by atoms with E-state index in [0.29, 0.717) is 51.5 Å². The molecule has 0 bridgehead atoms. The van der Waals surface area contributed by atoms with Crippen molar-refractivity contribution in [2.75, 3.05) is 39.3 Å². The van der Waals surface area contributed by atoms with Crippen LogP contribution in [-0.2, 0) is 57.5 Å². The third-order valence-electron chi connectivity index (χ3n) is 14.5. The van der Waals surface area contributed by atoms with Gasteiger partial charge in [0.2, 0.25) is 59.1 Å². The lowest BCUT2D eigenvalue weighted by atomic mass is 10.0. The highest BCUT2D eigenvalue weighted by Crippen LogP contribution is 2.24. The van der Waals surface area contributed by atoms with Crippen LogP contribution < -0.4 is 66.3 Å². The standard InChI is InChI=1S/C51H88N16O14/c1-28(2)40(64-46(76)37-17-9-25-65(37)47(77)30(54)18-21-39(69)70)49(79)67-27-11-16-36(67)45(75)61-32(19-20-38(55)68)42(72)59-29(3)41(71)62-33(12-4-6-22-52)48(78)66-26-10-15-35(66)44(74)60-31(14-8-24-58-51(56)57)43(73)63-34(50(80)81)13-5-7-23-53/h28-37,40H,4-27,52-54H2,1-3H3,(H2,55,68)(H,59,72)(H,60,74)(H,61,75)(H,62,71)(H,63,73)(H,64,76)(H,69,70)(H,80,81)(H4,56,57,58)/t29-,30-,31-,32-,33-,34-,35-,36-,37-,40-/m0/s1. The smallest absolute Gasteiger partial charge is 0.326 e. The van der Waals surface area contributed by atoms with Crippen LogP contribution in [-0.4, -0.2) is 202 Å². The lowest BCUT2D eigenvalue weighted by molar-refractivity contribution is -0.145. The van der Waals surface area contributed by atoms with E-state index in [1.165, 1.54) is 21.6 Å². The minimum Gasteiger partial charge on any atom is -0.481 e. The number of rotatable bonds is 35. The zero-order valence-corrected chi connectivity index (χ0v) is 46.9. The molecule has 3 aliphatic rings. The lowest BCUT2D eigenvalue weighted by Gasteiger charge is -2.33. The van der Waals surface area contributed by atoms with Crippen molar-refractivity contribution in [3.05, 3.63) is 0 Å². The van der Waals surface area contributed by atoms with Crippen molar-refractivity contribution in [3.8, 4) is 0 Å². The molecule has 3 fully saturated rings. The Balaban J connectivity index is 1.76. The number of guanidine groups is 1. The molecule has 0 aromatic carbocycles. The quantitative estimate of drug-likeness (QED) is 0.0161. The van der Waals surface area contributed by atoms with Gasteiger partial charge in [-0.25, -0.2) is 4.79 Å². The second kappa shape index (κ2) is 34.2. The van der Waals surface area contributed by atoms with E-state index in [1.807, 2.05) is 0 Å². The SMILES string of the molecule is CC(C)[C@H](NC(=O)[C@@H]1CCCN1C(=O)[C@@H](N)CCC(=O)O)C(=O)N1CCC[C@H]1C(=O)N[C@@H](CCC(N)=O)C(=O)N[C@@H](C)C(=O)N[C@@H](CCCCN)C(=O)N1CCC[C@H]1C(=O)N[C@@H](CCCN=C(N)N)C(=O)N[C@@H](CCCCN)C(=O)O. The first kappa shape index (κ1) is 68.1. The van der Waals surface area contributed by atoms with Crippen molar-refractivity contribution >= 4 is 77.0 Å². The molecule has 81 heavy (non-hydrogen) atoms. The number of hydrogen-bond acceptors (Lipinski definition) is 16. The van der Waals surface area contributed by atoms with Crippen molar-refractivity contribution in [2.45, 2.75) is 197 Å². The molecule has 10 atom stereocenters. The van der Waals surface area contributed by atoms with Crippen LogP contribution in [0.25, 0.3) is 0 Å². The van der Waals surface area contributed by atoms with Crippen LogP contribution in [0.3, 0.4) is 0 Å². The zero-order chi connectivity index (χ0) is 60.5. The van der Waals surface area contributed by atoms with Gasteiger partial charge in [0.15, 0.2) is 5.96 Å². The van der Waals surface area contributed by atoms with E-state index in [9.17, 15) is 62.6 Å². The summed E-state index contributed by atoms with van der Waals surface area (Å²) in [6.07, 6.45) is 2.81. The predicted octanol–water partition coefficient (Wildman–Crippen LogP) is -4.60. The second-order valence-corrected chi connectivity index (χ2v) is 21.2. The highest BCUT2D eigenvalue weighted by Gasteiger charge is 2.44. The number of nitrogens with two attached hydrogens (primary N) is 6. The van der Waals surface area contributed by atoms with Gasteiger partial charge in [-0.15, -0.1) is 0 Å². The van der Waals surface area contributed by atoms with Gasteiger partial charge in [-0.3, -0.25) is 57.7 Å². The molecule has 30 nitrogen and oxygen atoms in total. The van der Waals surface area contributed by atoms with Crippen LogP contribution in [0.2, 0.25) is 0 Å². The maximum atomic E-state index is 14.4. The summed E-state index contributed by atoms with van der Waals surface area (Å²) in [4.78, 5) is 168. The Hall–Kier alpha value is -7.21. The number of primary amides is 1. The van der Waals surface area contributed by atoms with Gasteiger partial charge in [-0.2, -0.15) is 0 Å². The summed E-state index contributed by atoms with van der Waals surface area (Å²) in [6.45, 7) is 5.78. The molecule has 0 aromatic rings. The summed E-state index contributed by atoms with van der Waals surface area (Å²) in [6, 6.07) is -12.1. The summed E-state index contributed by atoms with van der Waals surface area (Å²) in [5.41, 5.74) is 33.6. The number of likely N-dealkylation sites (tertiary alicyclic amines) is 3. The second-order valence-electron chi connectivity index (χ2n) is 21.2. The molecule has 0 radical (unpaired) electrons. The molecular formula is C51H88N16O14. The summed E-state index contributed by atoms with van der Waals surface area (Å²) in [5, 5.41) is 34.6. The fraction of sp³-hybridized carbons (Fsp3) is 0.745. The Labute approximate surface area is 471 Å². The average molecular weight is 1150 g/mol. The number of hydrogen-bond donors (Lipinski definition) is 14. The number of nitrogens with zero attached hydrogens (tertiary/aromatic N) is 4. The average Bonchev–Trinajstić information content (AvgIpc) is 4.23. The molecule has 20 N–H and O–H groups in total. The van der Waals surface area contributed by atoms with Gasteiger partial charge in [0, 0.05) is 39.0 Å². The third-order valence-corrected chi connectivity index (χ3v) is 14.5. The molecule has 0 aromatic heterocycles. The van der Waals surface area contributed by atoms with Gasteiger partial charge in [0.05, 0.1) is 6.04 Å². The van der Waals surface area contributed by atoms with Crippen molar-refractivity contribution in [1.29, 1.82) is 0 Å². The van der Waals surface area contributed by atoms with Crippen LogP contribution in [0.1, 0.15) is 136 Å². The van der Waals surface area contributed by atoms with E-state index >= 15 is 0 Å². The number of amides is 10. The van der Waals surface area contributed by atoms with Gasteiger partial charge < -0.3 is 91.2 Å². The number of aliphatic imine (C=N–C) groups is 1. The van der Waals surface area contributed by atoms with Crippen LogP contribution in [0, 0.1) is 5.92 Å². The molecule has 10 amide bonds. The van der Waals surface area contributed by atoms with Crippen molar-refractivity contribution in [1.82, 2.24) is 46.6 Å². The van der Waals surface area contributed by atoms with Crippen molar-refractivity contribution in [3.63, 3.8) is 0 Å². The van der Waals surface area contributed by atoms with Gasteiger partial charge in [0.25, 0.3) is 0 Å². The number of aliphatic carboxylic acids is 2. The van der Waals surface area contributed by atoms with Crippen molar-refractivity contribution < 1.29 is 67.7 Å². The summed E-state index contributed by atoms with van der Waals surface area (Å²) < 4.78 is 0. The third kappa shape index (κ3) is 21.7. The predicted molar refractivity (Wildman–Crippen MR) is 293 cm³/mol. The molecule has 30 heteroatoms. The van der Waals surface area contributed by atoms with Crippen LogP contribution in [0.5, 0.6) is 0 Å². The number of carboxylic acids is 2. The van der Waals surface area contributed by atoms with Gasteiger partial charge >= 0.3 is 11.9 Å². The van der Waals surface area contributed by atoms with Gasteiger partial charge in [-0.05, 0) is 129 Å². The molecular weight excluding hydrogens is 1060 g/mol. The van der Waals surface area contributed by atoms with E-state index in [-0.39, 0.29) is 109 Å². The minimum atomic E-state index is -1.46. The van der Waals surface area contributed by atoms with Gasteiger partial charge in [0.1, 0.15) is 54.4 Å². The normalized spacial score (nSPS) is 19.4. The summed E-state index contributed by atoms with van der Waals surface area (Å²) in [7, 11) is 0. The van der Waals surface area contributed by atoms with Gasteiger partial charge in [-0.1, -0.05) is 13.8 Å². The first-order valence-corrected chi connectivity index (χ1v) is 28.0. The Bertz CT molecular complexity index is 2250. The van der Waals surface area contributed by atoms with E-state index in [1.54, 1.807) is 13.8 Å². The fourth-order valence-corrected chi connectivity index (χ4v) is 9.98. The lowest BCUT2D eigenvalue weighted by Crippen LogP contribution is -2.60. The monoisotopic (exact) mass is 1150 g/mol. The largest absolute Gasteiger partial charge is 0.481 e. The van der Waals surface area contributed by atoms with E-state index < -0.39 is 137 Å². The highest BCUT2D eigenvalue weighted by atomic mass is 16.4. The fourth-order valence-electron chi connectivity index (χ4n) is 9.98. The Kier molecular flexibility index (Phi) is 28.7. The van der Waals surface area contributed by atoms with Crippen LogP contribution in [0.15, 0.2) is 4.99 Å². The Morgan fingerprint density at radius 3 is 1.46 bits per heavy atom. The highest BCUT2D eigenvalue weighted by molar-refractivity contribution is 5.99. The summed E-state index contributed by atoms with van der Waals surface area (Å²) >= 11 is 0. The molecule has 3 saturated heterocycles. The van der Waals surface area contributed by atoms with E-state index in [2.05, 4.69) is 36.9 Å². The van der Waals surface area contributed by atoms with E-state index in [0.717, 1.165) is 0 Å². The number of carbonyl (C=O) groups is 12. The van der Waals surface area contributed by atoms with Crippen molar-refractivity contribution in [2.24, 2.45) is 45.3 Å². The minimum absolute atomic E-state index is 0.00127. The summed E-state index contributed by atoms with van der Waals surface area (Å²) in [5.74, 6) is -10.3. The maximum absolute atomic E-state index is 14.4.